The van der Waals surface area contributed by atoms with Crippen LogP contribution in [0.1, 0.15) is 64.7 Å². The van der Waals surface area contributed by atoms with E-state index in [0.29, 0.717) is 5.92 Å². The van der Waals surface area contributed by atoms with Gasteiger partial charge in [0.25, 0.3) is 10.1 Å². The van der Waals surface area contributed by atoms with E-state index in [9.17, 15) is 8.42 Å². The van der Waals surface area contributed by atoms with Gasteiger partial charge in [-0.2, -0.15) is 8.42 Å². The second-order valence-electron chi connectivity index (χ2n) is 5.73. The number of hydrogen-bond acceptors (Lipinski definition) is 3. The Hall–Kier alpha value is -0.0900. The van der Waals surface area contributed by atoms with Crippen LogP contribution in [0.15, 0.2) is 0 Å². The summed E-state index contributed by atoms with van der Waals surface area (Å²) in [4.78, 5) is 0. The molecule has 2 aliphatic rings. The topological polar surface area (TPSA) is 43.4 Å². The SMILES string of the molecule is CC1CCC(S(=O)(=O)OC2CCCCC2)CC1. The van der Waals surface area contributed by atoms with Crippen LogP contribution < -0.4 is 0 Å². The van der Waals surface area contributed by atoms with Gasteiger partial charge in [0.05, 0.1) is 11.4 Å². The van der Waals surface area contributed by atoms with Crippen LogP contribution in [-0.2, 0) is 14.3 Å². The van der Waals surface area contributed by atoms with Gasteiger partial charge in [0.15, 0.2) is 0 Å². The van der Waals surface area contributed by atoms with E-state index in [1.807, 2.05) is 0 Å². The Labute approximate surface area is 105 Å². The molecule has 0 atom stereocenters. The summed E-state index contributed by atoms with van der Waals surface area (Å²) in [7, 11) is -3.31. The summed E-state index contributed by atoms with van der Waals surface area (Å²) in [5.74, 6) is 0.677. The second kappa shape index (κ2) is 5.70. The van der Waals surface area contributed by atoms with Crippen LogP contribution >= 0.6 is 0 Å². The third kappa shape index (κ3) is 3.68. The molecule has 2 fully saturated rings. The first-order valence-corrected chi connectivity index (χ1v) is 8.47. The van der Waals surface area contributed by atoms with Crippen LogP contribution in [-0.4, -0.2) is 19.8 Å². The van der Waals surface area contributed by atoms with Crippen molar-refractivity contribution in [2.75, 3.05) is 0 Å². The summed E-state index contributed by atoms with van der Waals surface area (Å²) < 4.78 is 29.7. The Balaban J connectivity index is 1.89. The molecule has 0 amide bonds. The van der Waals surface area contributed by atoms with Gasteiger partial charge >= 0.3 is 0 Å². The van der Waals surface area contributed by atoms with E-state index >= 15 is 0 Å². The number of rotatable bonds is 3. The molecule has 2 aliphatic carbocycles. The van der Waals surface area contributed by atoms with Crippen molar-refractivity contribution in [3.05, 3.63) is 0 Å². The summed E-state index contributed by atoms with van der Waals surface area (Å²) in [6.45, 7) is 2.20. The molecule has 0 saturated heterocycles. The van der Waals surface area contributed by atoms with Gasteiger partial charge in [-0.15, -0.1) is 0 Å². The quantitative estimate of drug-likeness (QED) is 0.732. The van der Waals surface area contributed by atoms with Crippen LogP contribution in [0.5, 0.6) is 0 Å². The molecular formula is C13H24O3S. The van der Waals surface area contributed by atoms with Gasteiger partial charge in [0, 0.05) is 0 Å². The molecule has 0 aliphatic heterocycles. The molecule has 4 heteroatoms. The Bertz CT molecular complexity index is 323. The van der Waals surface area contributed by atoms with Crippen molar-refractivity contribution < 1.29 is 12.6 Å². The summed E-state index contributed by atoms with van der Waals surface area (Å²) >= 11 is 0. The van der Waals surface area contributed by atoms with Crippen LogP contribution in [0.2, 0.25) is 0 Å². The lowest BCUT2D eigenvalue weighted by Gasteiger charge is -2.28. The highest BCUT2D eigenvalue weighted by molar-refractivity contribution is 7.87. The Morgan fingerprint density at radius 1 is 0.882 bits per heavy atom. The largest absolute Gasteiger partial charge is 0.270 e. The lowest BCUT2D eigenvalue weighted by atomic mass is 9.91. The molecule has 0 aromatic rings. The highest BCUT2D eigenvalue weighted by Crippen LogP contribution is 2.31. The minimum absolute atomic E-state index is 0.0342. The lowest BCUT2D eigenvalue weighted by Crippen LogP contribution is -2.32. The first-order valence-electron chi connectivity index (χ1n) is 7.00. The minimum Gasteiger partial charge on any atom is -0.267 e. The molecule has 0 aromatic carbocycles. The van der Waals surface area contributed by atoms with Gasteiger partial charge in [-0.05, 0) is 44.4 Å². The Kier molecular flexibility index (Phi) is 4.47. The molecule has 0 spiro atoms. The van der Waals surface area contributed by atoms with Crippen molar-refractivity contribution in [3.63, 3.8) is 0 Å². The monoisotopic (exact) mass is 260 g/mol. The fourth-order valence-electron chi connectivity index (χ4n) is 2.95. The third-order valence-corrected chi connectivity index (χ3v) is 6.02. The third-order valence-electron chi connectivity index (χ3n) is 4.19. The van der Waals surface area contributed by atoms with E-state index in [0.717, 1.165) is 51.4 Å². The fraction of sp³-hybridized carbons (Fsp3) is 1.00. The molecule has 2 saturated carbocycles. The van der Waals surface area contributed by atoms with Crippen LogP contribution in [0, 0.1) is 5.92 Å². The van der Waals surface area contributed by atoms with Crippen molar-refractivity contribution in [1.29, 1.82) is 0 Å². The van der Waals surface area contributed by atoms with E-state index in [1.165, 1.54) is 6.42 Å². The highest BCUT2D eigenvalue weighted by Gasteiger charge is 2.32. The summed E-state index contributed by atoms with van der Waals surface area (Å²) in [5.41, 5.74) is 0. The minimum atomic E-state index is -3.31. The van der Waals surface area contributed by atoms with Crippen LogP contribution in [0.25, 0.3) is 0 Å². The zero-order valence-electron chi connectivity index (χ0n) is 10.7. The van der Waals surface area contributed by atoms with Crippen molar-refractivity contribution in [1.82, 2.24) is 0 Å². The molecule has 3 nitrogen and oxygen atoms in total. The predicted octanol–water partition coefficient (Wildman–Crippen LogP) is 3.24. The molecule has 0 radical (unpaired) electrons. The van der Waals surface area contributed by atoms with Gasteiger partial charge in [-0.3, -0.25) is 4.18 Å². The standard InChI is InChI=1S/C13H24O3S/c1-11-7-9-13(10-8-11)17(14,15)16-12-5-3-2-4-6-12/h11-13H,2-10H2,1H3. The van der Waals surface area contributed by atoms with Crippen molar-refractivity contribution in [3.8, 4) is 0 Å². The molecule has 100 valence electrons. The van der Waals surface area contributed by atoms with Gasteiger partial charge in [-0.1, -0.05) is 26.2 Å². The maximum Gasteiger partial charge on any atom is 0.270 e. The summed E-state index contributed by atoms with van der Waals surface area (Å²) in [6.07, 6.45) is 8.88. The fourth-order valence-corrected chi connectivity index (χ4v) is 4.53. The molecule has 0 N–H and O–H groups in total. The van der Waals surface area contributed by atoms with E-state index in [1.54, 1.807) is 0 Å². The summed E-state index contributed by atoms with van der Waals surface area (Å²) in [6, 6.07) is 0. The Morgan fingerprint density at radius 2 is 1.47 bits per heavy atom. The van der Waals surface area contributed by atoms with E-state index in [-0.39, 0.29) is 11.4 Å². The van der Waals surface area contributed by atoms with E-state index < -0.39 is 10.1 Å². The first kappa shape index (κ1) is 13.3. The molecule has 2 rings (SSSR count). The van der Waals surface area contributed by atoms with Crippen molar-refractivity contribution >= 4 is 10.1 Å². The molecular weight excluding hydrogens is 236 g/mol. The average Bonchev–Trinajstić information content (AvgIpc) is 2.30. The highest BCUT2D eigenvalue weighted by atomic mass is 32.2. The van der Waals surface area contributed by atoms with Crippen molar-refractivity contribution in [2.24, 2.45) is 5.92 Å². The zero-order valence-corrected chi connectivity index (χ0v) is 11.5. The van der Waals surface area contributed by atoms with Gasteiger partial charge < -0.3 is 0 Å². The summed E-state index contributed by atoms with van der Waals surface area (Å²) in [5, 5.41) is -0.236. The van der Waals surface area contributed by atoms with E-state index in [4.69, 9.17) is 4.18 Å². The maximum absolute atomic E-state index is 12.1. The molecule has 0 unspecified atom stereocenters. The smallest absolute Gasteiger partial charge is 0.267 e. The van der Waals surface area contributed by atoms with Crippen LogP contribution in [0.3, 0.4) is 0 Å². The molecule has 0 bridgehead atoms. The second-order valence-corrected chi connectivity index (χ2v) is 7.58. The lowest BCUT2D eigenvalue weighted by molar-refractivity contribution is 0.157. The van der Waals surface area contributed by atoms with Crippen molar-refractivity contribution in [2.45, 2.75) is 76.1 Å². The molecule has 0 heterocycles. The normalized spacial score (nSPS) is 32.5. The van der Waals surface area contributed by atoms with Gasteiger partial charge in [0.2, 0.25) is 0 Å². The molecule has 0 aromatic heterocycles. The Morgan fingerprint density at radius 3 is 2.06 bits per heavy atom. The molecule has 17 heavy (non-hydrogen) atoms. The average molecular weight is 260 g/mol. The van der Waals surface area contributed by atoms with Gasteiger partial charge in [0.1, 0.15) is 0 Å². The predicted molar refractivity (Wildman–Crippen MR) is 68.3 cm³/mol. The number of hydrogen-bond donors (Lipinski definition) is 0. The zero-order chi connectivity index (χ0) is 12.3. The van der Waals surface area contributed by atoms with Gasteiger partial charge in [-0.25, -0.2) is 0 Å². The van der Waals surface area contributed by atoms with E-state index in [2.05, 4.69) is 6.92 Å². The first-order chi connectivity index (χ1) is 8.08. The van der Waals surface area contributed by atoms with Crippen LogP contribution in [0.4, 0.5) is 0 Å². The maximum atomic E-state index is 12.1.